The van der Waals surface area contributed by atoms with Crippen LogP contribution in [0.5, 0.6) is 0 Å². The Bertz CT molecular complexity index is 446. The Kier molecular flexibility index (Phi) is 3.66. The van der Waals surface area contributed by atoms with Crippen LogP contribution in [0.25, 0.3) is 0 Å². The molecule has 0 spiro atoms. The number of aromatic nitrogens is 1. The molecule has 3 N–H and O–H groups in total. The summed E-state index contributed by atoms with van der Waals surface area (Å²) in [6.07, 6.45) is 2.85. The Labute approximate surface area is 108 Å². The Morgan fingerprint density at radius 1 is 1.61 bits per heavy atom. The first kappa shape index (κ1) is 13.0. The van der Waals surface area contributed by atoms with Crippen LogP contribution < -0.4 is 11.1 Å². The number of amides is 1. The van der Waals surface area contributed by atoms with Gasteiger partial charge in [-0.3, -0.25) is 9.78 Å². The van der Waals surface area contributed by atoms with Crippen LogP contribution >= 0.6 is 0 Å². The smallest absolute Gasteiger partial charge is 0.227 e. The van der Waals surface area contributed by atoms with Gasteiger partial charge < -0.3 is 11.1 Å². The summed E-state index contributed by atoms with van der Waals surface area (Å²) < 4.78 is 0. The standard InChI is InChI=1S/C14H21N3O/c1-10-5-3-6-11(17-10)9-16-13(18)14(2)8-4-7-12(14)15/h3,5-6,12H,4,7-9,15H2,1-2H3,(H,16,18). The van der Waals surface area contributed by atoms with Crippen molar-refractivity contribution in [1.82, 2.24) is 10.3 Å². The minimum absolute atomic E-state index is 0.0250. The number of carbonyl (C=O) groups is 1. The Morgan fingerprint density at radius 2 is 2.39 bits per heavy atom. The maximum atomic E-state index is 12.2. The SMILES string of the molecule is Cc1cccc(CNC(=O)C2(C)CCCC2N)n1. The van der Waals surface area contributed by atoms with Gasteiger partial charge in [-0.1, -0.05) is 12.5 Å². The summed E-state index contributed by atoms with van der Waals surface area (Å²) in [6.45, 7) is 4.38. The van der Waals surface area contributed by atoms with Crippen LogP contribution in [0.15, 0.2) is 18.2 Å². The molecule has 0 bridgehead atoms. The van der Waals surface area contributed by atoms with Gasteiger partial charge in [0, 0.05) is 11.7 Å². The number of aryl methyl sites for hydroxylation is 1. The van der Waals surface area contributed by atoms with Gasteiger partial charge in [-0.2, -0.15) is 0 Å². The molecule has 4 nitrogen and oxygen atoms in total. The van der Waals surface area contributed by atoms with E-state index in [9.17, 15) is 4.79 Å². The fourth-order valence-corrected chi connectivity index (χ4v) is 2.55. The lowest BCUT2D eigenvalue weighted by atomic mass is 9.84. The lowest BCUT2D eigenvalue weighted by Gasteiger charge is -2.27. The molecule has 1 aliphatic rings. The average Bonchev–Trinajstić information content (AvgIpc) is 2.68. The molecular formula is C14H21N3O. The van der Waals surface area contributed by atoms with Crippen molar-refractivity contribution >= 4 is 5.91 Å². The summed E-state index contributed by atoms with van der Waals surface area (Å²) in [6, 6.07) is 5.79. The third-order valence-corrected chi connectivity index (χ3v) is 3.92. The summed E-state index contributed by atoms with van der Waals surface area (Å²) in [5.74, 6) is 0.0517. The van der Waals surface area contributed by atoms with Gasteiger partial charge in [0.1, 0.15) is 0 Å². The summed E-state index contributed by atoms with van der Waals surface area (Å²) in [5, 5.41) is 2.96. The van der Waals surface area contributed by atoms with E-state index < -0.39 is 5.41 Å². The van der Waals surface area contributed by atoms with Crippen molar-refractivity contribution in [3.63, 3.8) is 0 Å². The van der Waals surface area contributed by atoms with Gasteiger partial charge in [-0.05, 0) is 38.8 Å². The number of carbonyl (C=O) groups excluding carboxylic acids is 1. The van der Waals surface area contributed by atoms with Crippen molar-refractivity contribution in [3.05, 3.63) is 29.6 Å². The Morgan fingerprint density at radius 3 is 3.00 bits per heavy atom. The molecule has 0 aliphatic heterocycles. The van der Waals surface area contributed by atoms with E-state index in [-0.39, 0.29) is 11.9 Å². The minimum Gasteiger partial charge on any atom is -0.350 e. The third-order valence-electron chi connectivity index (χ3n) is 3.92. The monoisotopic (exact) mass is 247 g/mol. The molecule has 0 aromatic carbocycles. The molecule has 98 valence electrons. The van der Waals surface area contributed by atoms with E-state index in [0.717, 1.165) is 30.7 Å². The molecule has 0 saturated heterocycles. The quantitative estimate of drug-likeness (QED) is 0.851. The van der Waals surface area contributed by atoms with Crippen molar-refractivity contribution in [2.45, 2.75) is 45.7 Å². The molecule has 18 heavy (non-hydrogen) atoms. The van der Waals surface area contributed by atoms with Crippen molar-refractivity contribution in [2.24, 2.45) is 11.1 Å². The van der Waals surface area contributed by atoms with E-state index in [2.05, 4.69) is 10.3 Å². The van der Waals surface area contributed by atoms with Gasteiger partial charge in [0.05, 0.1) is 17.7 Å². The van der Waals surface area contributed by atoms with E-state index in [1.807, 2.05) is 32.0 Å². The van der Waals surface area contributed by atoms with Gasteiger partial charge >= 0.3 is 0 Å². The molecule has 1 aromatic heterocycles. The number of pyridine rings is 1. The van der Waals surface area contributed by atoms with Crippen LogP contribution in [0, 0.1) is 12.3 Å². The topological polar surface area (TPSA) is 68.0 Å². The molecule has 1 aliphatic carbocycles. The maximum Gasteiger partial charge on any atom is 0.227 e. The van der Waals surface area contributed by atoms with Crippen LogP contribution in [0.1, 0.15) is 37.6 Å². The highest BCUT2D eigenvalue weighted by atomic mass is 16.2. The van der Waals surface area contributed by atoms with Crippen LogP contribution in [0.4, 0.5) is 0 Å². The molecule has 1 saturated carbocycles. The lowest BCUT2D eigenvalue weighted by Crippen LogP contribution is -2.47. The predicted octanol–water partition coefficient (Wildman–Crippen LogP) is 1.52. The zero-order valence-corrected chi connectivity index (χ0v) is 11.1. The van der Waals surface area contributed by atoms with E-state index in [0.29, 0.717) is 6.54 Å². The number of hydrogen-bond acceptors (Lipinski definition) is 3. The third kappa shape index (κ3) is 2.53. The highest BCUT2D eigenvalue weighted by molar-refractivity contribution is 5.83. The van der Waals surface area contributed by atoms with Crippen LogP contribution in [-0.4, -0.2) is 16.9 Å². The van der Waals surface area contributed by atoms with Crippen molar-refractivity contribution < 1.29 is 4.79 Å². The molecule has 1 heterocycles. The normalized spacial score (nSPS) is 27.2. The second-order valence-electron chi connectivity index (χ2n) is 5.37. The van der Waals surface area contributed by atoms with Crippen LogP contribution in [-0.2, 0) is 11.3 Å². The van der Waals surface area contributed by atoms with Crippen molar-refractivity contribution in [1.29, 1.82) is 0 Å². The highest BCUT2D eigenvalue weighted by Gasteiger charge is 2.42. The first-order valence-corrected chi connectivity index (χ1v) is 6.49. The van der Waals surface area contributed by atoms with Crippen LogP contribution in [0.2, 0.25) is 0 Å². The fourth-order valence-electron chi connectivity index (χ4n) is 2.55. The van der Waals surface area contributed by atoms with Gasteiger partial charge in [0.25, 0.3) is 0 Å². The van der Waals surface area contributed by atoms with Crippen molar-refractivity contribution in [3.8, 4) is 0 Å². The number of nitrogens with two attached hydrogens (primary N) is 1. The molecule has 0 radical (unpaired) electrons. The van der Waals surface area contributed by atoms with Gasteiger partial charge in [-0.25, -0.2) is 0 Å². The first-order chi connectivity index (χ1) is 8.52. The fraction of sp³-hybridized carbons (Fsp3) is 0.571. The van der Waals surface area contributed by atoms with E-state index in [1.165, 1.54) is 0 Å². The zero-order chi connectivity index (χ0) is 13.2. The molecule has 1 fully saturated rings. The number of hydrogen-bond donors (Lipinski definition) is 2. The molecule has 1 aromatic rings. The lowest BCUT2D eigenvalue weighted by molar-refractivity contribution is -0.130. The molecule has 2 rings (SSSR count). The average molecular weight is 247 g/mol. The molecule has 1 amide bonds. The zero-order valence-electron chi connectivity index (χ0n) is 11.1. The molecule has 2 atom stereocenters. The van der Waals surface area contributed by atoms with E-state index >= 15 is 0 Å². The largest absolute Gasteiger partial charge is 0.350 e. The molecular weight excluding hydrogens is 226 g/mol. The maximum absolute atomic E-state index is 12.2. The second-order valence-corrected chi connectivity index (χ2v) is 5.37. The Hall–Kier alpha value is -1.42. The van der Waals surface area contributed by atoms with Crippen LogP contribution in [0.3, 0.4) is 0 Å². The molecule has 2 unspecified atom stereocenters. The number of nitrogens with one attached hydrogen (secondary N) is 1. The summed E-state index contributed by atoms with van der Waals surface area (Å²) in [7, 11) is 0. The highest BCUT2D eigenvalue weighted by Crippen LogP contribution is 2.36. The second kappa shape index (κ2) is 5.06. The summed E-state index contributed by atoms with van der Waals surface area (Å²) in [5.41, 5.74) is 7.47. The van der Waals surface area contributed by atoms with Gasteiger partial charge in [0.2, 0.25) is 5.91 Å². The number of rotatable bonds is 3. The predicted molar refractivity (Wildman–Crippen MR) is 70.8 cm³/mol. The van der Waals surface area contributed by atoms with Crippen molar-refractivity contribution in [2.75, 3.05) is 0 Å². The number of nitrogens with zero attached hydrogens (tertiary/aromatic N) is 1. The molecule has 4 heteroatoms. The van der Waals surface area contributed by atoms with Gasteiger partial charge in [-0.15, -0.1) is 0 Å². The summed E-state index contributed by atoms with van der Waals surface area (Å²) in [4.78, 5) is 16.6. The summed E-state index contributed by atoms with van der Waals surface area (Å²) >= 11 is 0. The first-order valence-electron chi connectivity index (χ1n) is 6.49. The van der Waals surface area contributed by atoms with E-state index in [1.54, 1.807) is 0 Å². The Balaban J connectivity index is 1.96. The van der Waals surface area contributed by atoms with Gasteiger partial charge in [0.15, 0.2) is 0 Å². The minimum atomic E-state index is -0.413. The van der Waals surface area contributed by atoms with E-state index in [4.69, 9.17) is 5.73 Å².